The highest BCUT2D eigenvalue weighted by Gasteiger charge is 2.14. The molecule has 0 unspecified atom stereocenters. The quantitative estimate of drug-likeness (QED) is 0.720. The average molecular weight is 332 g/mol. The Bertz CT molecular complexity index is 956. The van der Waals surface area contributed by atoms with Gasteiger partial charge in [0.05, 0.1) is 10.6 Å². The minimum atomic E-state index is -3.72. The van der Waals surface area contributed by atoms with Crippen molar-refractivity contribution in [2.24, 2.45) is 5.14 Å². The van der Waals surface area contributed by atoms with Gasteiger partial charge in [0.25, 0.3) is 4.84 Å². The van der Waals surface area contributed by atoms with Crippen LogP contribution in [0, 0.1) is 4.84 Å². The second-order valence-electron chi connectivity index (χ2n) is 4.65. The Morgan fingerprint density at radius 1 is 0.955 bits per heavy atom. The predicted molar refractivity (Wildman–Crippen MR) is 86.1 cm³/mol. The zero-order chi connectivity index (χ0) is 15.7. The van der Waals surface area contributed by atoms with Crippen LogP contribution >= 0.6 is 12.2 Å². The number of benzene rings is 2. The lowest BCUT2D eigenvalue weighted by atomic mass is 10.1. The molecule has 3 aromatic rings. The van der Waals surface area contributed by atoms with Gasteiger partial charge in [-0.05, 0) is 36.5 Å². The Kier molecular flexibility index (Phi) is 3.69. The fourth-order valence-corrected chi connectivity index (χ4v) is 2.84. The molecule has 0 aliphatic rings. The van der Waals surface area contributed by atoms with E-state index >= 15 is 0 Å². The van der Waals surface area contributed by atoms with Gasteiger partial charge in [-0.25, -0.2) is 13.6 Å². The number of nitrogens with one attached hydrogen (secondary N) is 1. The molecule has 1 heterocycles. The number of nitrogens with two attached hydrogens (primary N) is 1. The minimum Gasteiger partial charge on any atom is -0.429 e. The number of sulfonamides is 1. The van der Waals surface area contributed by atoms with Crippen LogP contribution in [-0.4, -0.2) is 13.4 Å². The Labute approximate surface area is 132 Å². The second kappa shape index (κ2) is 5.53. The number of H-pyrrole nitrogens is 1. The average Bonchev–Trinajstić information content (AvgIpc) is 2.89. The maximum atomic E-state index is 11.3. The molecule has 0 aliphatic carbocycles. The van der Waals surface area contributed by atoms with Gasteiger partial charge in [0.15, 0.2) is 5.76 Å². The van der Waals surface area contributed by atoms with Crippen molar-refractivity contribution in [3.05, 3.63) is 59.4 Å². The molecule has 0 saturated heterocycles. The standard InChI is InChI=1S/C15H12N2O3S2/c16-22(18,19)12-8-6-11(7-9-12)14-13(17-15(21)20-14)10-4-2-1-3-5-10/h1-9H,(H,17,21)(H2,16,18,19). The van der Waals surface area contributed by atoms with Crippen LogP contribution in [0.25, 0.3) is 22.6 Å². The highest BCUT2D eigenvalue weighted by atomic mass is 32.2. The van der Waals surface area contributed by atoms with Gasteiger partial charge in [0.2, 0.25) is 10.0 Å². The molecule has 1 aromatic heterocycles. The van der Waals surface area contributed by atoms with E-state index in [1.54, 1.807) is 12.1 Å². The van der Waals surface area contributed by atoms with Gasteiger partial charge in [0.1, 0.15) is 0 Å². The molecule has 0 amide bonds. The molecule has 3 N–H and O–H groups in total. The number of aromatic amines is 1. The Morgan fingerprint density at radius 2 is 1.59 bits per heavy atom. The molecule has 3 rings (SSSR count). The van der Waals surface area contributed by atoms with Gasteiger partial charge >= 0.3 is 0 Å². The van der Waals surface area contributed by atoms with Crippen LogP contribution in [0.15, 0.2) is 63.9 Å². The van der Waals surface area contributed by atoms with Crippen molar-refractivity contribution in [2.75, 3.05) is 0 Å². The molecule has 0 bridgehead atoms. The van der Waals surface area contributed by atoms with Gasteiger partial charge in [0, 0.05) is 11.1 Å². The van der Waals surface area contributed by atoms with Crippen LogP contribution in [0.2, 0.25) is 0 Å². The van der Waals surface area contributed by atoms with Crippen molar-refractivity contribution in [2.45, 2.75) is 4.90 Å². The van der Waals surface area contributed by atoms with Crippen LogP contribution in [0.5, 0.6) is 0 Å². The summed E-state index contributed by atoms with van der Waals surface area (Å²) < 4.78 is 28.2. The number of oxazole rings is 1. The van der Waals surface area contributed by atoms with Gasteiger partial charge < -0.3 is 9.40 Å². The smallest absolute Gasteiger partial charge is 0.266 e. The molecule has 0 fully saturated rings. The van der Waals surface area contributed by atoms with Crippen molar-refractivity contribution in [1.82, 2.24) is 4.98 Å². The molecular formula is C15H12N2O3S2. The Morgan fingerprint density at radius 3 is 2.18 bits per heavy atom. The molecule has 0 radical (unpaired) electrons. The summed E-state index contributed by atoms with van der Waals surface area (Å²) in [7, 11) is -3.72. The molecule has 0 atom stereocenters. The third-order valence-corrected chi connectivity index (χ3v) is 4.27. The van der Waals surface area contributed by atoms with Crippen LogP contribution < -0.4 is 5.14 Å². The molecule has 0 aliphatic heterocycles. The molecule has 22 heavy (non-hydrogen) atoms. The lowest BCUT2D eigenvalue weighted by Gasteiger charge is -2.03. The van der Waals surface area contributed by atoms with Crippen molar-refractivity contribution in [3.8, 4) is 22.6 Å². The van der Waals surface area contributed by atoms with Crippen molar-refractivity contribution >= 4 is 22.2 Å². The third-order valence-electron chi connectivity index (χ3n) is 3.16. The highest BCUT2D eigenvalue weighted by Crippen LogP contribution is 2.31. The first-order valence-corrected chi connectivity index (χ1v) is 8.32. The molecule has 5 nitrogen and oxygen atoms in total. The Hall–Kier alpha value is -2.22. The van der Waals surface area contributed by atoms with E-state index in [4.69, 9.17) is 21.8 Å². The van der Waals surface area contributed by atoms with Crippen LogP contribution in [0.4, 0.5) is 0 Å². The monoisotopic (exact) mass is 332 g/mol. The molecule has 2 aromatic carbocycles. The van der Waals surface area contributed by atoms with E-state index in [0.717, 1.165) is 11.3 Å². The maximum absolute atomic E-state index is 11.3. The van der Waals surface area contributed by atoms with E-state index in [9.17, 15) is 8.42 Å². The van der Waals surface area contributed by atoms with Crippen LogP contribution in [0.3, 0.4) is 0 Å². The summed E-state index contributed by atoms with van der Waals surface area (Å²) in [5.74, 6) is 0.553. The summed E-state index contributed by atoms with van der Waals surface area (Å²) >= 11 is 5.07. The zero-order valence-corrected chi connectivity index (χ0v) is 12.9. The Balaban J connectivity index is 2.12. The predicted octanol–water partition coefficient (Wildman–Crippen LogP) is 3.32. The maximum Gasteiger partial charge on any atom is 0.266 e. The van der Waals surface area contributed by atoms with E-state index < -0.39 is 10.0 Å². The summed E-state index contributed by atoms with van der Waals surface area (Å²) in [6.07, 6.45) is 0. The fraction of sp³-hybridized carbons (Fsp3) is 0. The number of rotatable bonds is 3. The fourth-order valence-electron chi connectivity index (χ4n) is 2.14. The van der Waals surface area contributed by atoms with Crippen LogP contribution in [-0.2, 0) is 10.0 Å². The lowest BCUT2D eigenvalue weighted by Crippen LogP contribution is -2.11. The largest absolute Gasteiger partial charge is 0.429 e. The summed E-state index contributed by atoms with van der Waals surface area (Å²) in [6.45, 7) is 0. The second-order valence-corrected chi connectivity index (χ2v) is 6.59. The van der Waals surface area contributed by atoms with Crippen molar-refractivity contribution in [3.63, 3.8) is 0 Å². The summed E-state index contributed by atoms with van der Waals surface area (Å²) in [6, 6.07) is 15.7. The van der Waals surface area contributed by atoms with Crippen LogP contribution in [0.1, 0.15) is 0 Å². The highest BCUT2D eigenvalue weighted by molar-refractivity contribution is 7.89. The molecule has 0 spiro atoms. The first kappa shape index (κ1) is 14.7. The molecule has 112 valence electrons. The number of aromatic nitrogens is 1. The van der Waals surface area contributed by atoms with E-state index in [-0.39, 0.29) is 9.73 Å². The van der Waals surface area contributed by atoms with Crippen molar-refractivity contribution < 1.29 is 12.8 Å². The molecular weight excluding hydrogens is 320 g/mol. The van der Waals surface area contributed by atoms with E-state index in [0.29, 0.717) is 11.3 Å². The van der Waals surface area contributed by atoms with Gasteiger partial charge in [-0.2, -0.15) is 0 Å². The number of hydrogen-bond donors (Lipinski definition) is 2. The number of hydrogen-bond acceptors (Lipinski definition) is 4. The summed E-state index contributed by atoms with van der Waals surface area (Å²) in [5, 5.41) is 5.10. The van der Waals surface area contributed by atoms with E-state index in [2.05, 4.69) is 4.98 Å². The molecule has 7 heteroatoms. The first-order chi connectivity index (χ1) is 10.4. The normalized spacial score (nSPS) is 11.5. The third kappa shape index (κ3) is 2.87. The van der Waals surface area contributed by atoms with Gasteiger partial charge in [-0.3, -0.25) is 0 Å². The molecule has 0 saturated carbocycles. The van der Waals surface area contributed by atoms with Gasteiger partial charge in [-0.1, -0.05) is 30.3 Å². The summed E-state index contributed by atoms with van der Waals surface area (Å²) in [5.41, 5.74) is 2.38. The zero-order valence-electron chi connectivity index (χ0n) is 11.3. The van der Waals surface area contributed by atoms with E-state index in [1.165, 1.54) is 12.1 Å². The lowest BCUT2D eigenvalue weighted by molar-refractivity contribution is 0.554. The van der Waals surface area contributed by atoms with E-state index in [1.807, 2.05) is 30.3 Å². The first-order valence-electron chi connectivity index (χ1n) is 6.37. The van der Waals surface area contributed by atoms with Gasteiger partial charge in [-0.15, -0.1) is 0 Å². The van der Waals surface area contributed by atoms with Crippen molar-refractivity contribution in [1.29, 1.82) is 0 Å². The summed E-state index contributed by atoms with van der Waals surface area (Å²) in [4.78, 5) is 3.31. The number of primary sulfonamides is 1. The minimum absolute atomic E-state index is 0.0478. The SMILES string of the molecule is NS(=O)(=O)c1ccc(-c2oc(=S)[nH]c2-c2ccccc2)cc1. The topological polar surface area (TPSA) is 89.1 Å².